The second-order valence-corrected chi connectivity index (χ2v) is 12.9. The highest BCUT2D eigenvalue weighted by atomic mass is 32.1. The molecule has 4 aliphatic rings. The van der Waals surface area contributed by atoms with E-state index < -0.39 is 40.0 Å². The predicted molar refractivity (Wildman–Crippen MR) is 143 cm³/mol. The number of rotatable bonds is 5. The van der Waals surface area contributed by atoms with Gasteiger partial charge in [-0.1, -0.05) is 39.1 Å². The highest BCUT2D eigenvalue weighted by Crippen LogP contribution is 2.69. The highest BCUT2D eigenvalue weighted by Gasteiger charge is 2.72. The summed E-state index contributed by atoms with van der Waals surface area (Å²) in [5.74, 6) is -0.897. The van der Waals surface area contributed by atoms with Gasteiger partial charge in [-0.2, -0.15) is 0 Å². The molecule has 8 heteroatoms. The van der Waals surface area contributed by atoms with Crippen molar-refractivity contribution >= 4 is 29.3 Å². The molecule has 3 aliphatic carbocycles. The zero-order valence-corrected chi connectivity index (χ0v) is 23.3. The number of hydrogen-bond donors (Lipinski definition) is 3. The van der Waals surface area contributed by atoms with Crippen LogP contribution in [0.4, 0.5) is 0 Å². The lowest BCUT2D eigenvalue weighted by Crippen LogP contribution is -2.69. The number of ketones is 1. The van der Waals surface area contributed by atoms with Crippen LogP contribution in [0, 0.1) is 28.1 Å². The Hall–Kier alpha value is -1.19. The topological polar surface area (TPSA) is 99.1 Å². The number of aliphatic hydroxyl groups is 2. The van der Waals surface area contributed by atoms with Crippen molar-refractivity contribution in [2.45, 2.75) is 96.6 Å². The monoisotopic (exact) mass is 520 g/mol. The van der Waals surface area contributed by atoms with E-state index in [1.807, 2.05) is 32.6 Å². The van der Waals surface area contributed by atoms with Gasteiger partial charge in [0.1, 0.15) is 11.4 Å². The van der Waals surface area contributed by atoms with Crippen LogP contribution < -0.4 is 5.32 Å². The van der Waals surface area contributed by atoms with Crippen LogP contribution in [0.1, 0.15) is 66.7 Å². The molecule has 1 heterocycles. The summed E-state index contributed by atoms with van der Waals surface area (Å²) in [5.41, 5.74) is -3.20. The van der Waals surface area contributed by atoms with Gasteiger partial charge in [0, 0.05) is 42.3 Å². The second kappa shape index (κ2) is 9.53. The largest absolute Gasteiger partial charge is 0.458 e. The van der Waals surface area contributed by atoms with E-state index in [1.54, 1.807) is 11.4 Å². The average Bonchev–Trinajstić information content (AvgIpc) is 3.18. The molecule has 4 rings (SSSR count). The summed E-state index contributed by atoms with van der Waals surface area (Å²) < 4.78 is 6.33. The molecule has 0 aromatic carbocycles. The van der Waals surface area contributed by atoms with Crippen LogP contribution in [0.15, 0.2) is 12.7 Å². The molecule has 0 amide bonds. The third-order valence-electron chi connectivity index (χ3n) is 11.0. The average molecular weight is 521 g/mol. The van der Waals surface area contributed by atoms with Crippen LogP contribution in [0.5, 0.6) is 0 Å². The van der Waals surface area contributed by atoms with Gasteiger partial charge >= 0.3 is 5.97 Å². The van der Waals surface area contributed by atoms with E-state index in [4.69, 9.17) is 17.0 Å². The Balaban J connectivity index is 1.70. The maximum absolute atomic E-state index is 13.5. The van der Waals surface area contributed by atoms with E-state index in [0.717, 1.165) is 6.54 Å². The van der Waals surface area contributed by atoms with Gasteiger partial charge in [0.15, 0.2) is 0 Å². The summed E-state index contributed by atoms with van der Waals surface area (Å²) >= 11 is 5.24. The van der Waals surface area contributed by atoms with E-state index in [9.17, 15) is 19.8 Å². The molecule has 0 aromatic rings. The van der Waals surface area contributed by atoms with Crippen LogP contribution in [0.25, 0.3) is 0 Å². The first-order chi connectivity index (χ1) is 16.8. The minimum Gasteiger partial charge on any atom is -0.458 e. The lowest BCUT2D eigenvalue weighted by Gasteiger charge is -2.64. The molecule has 0 aromatic heterocycles. The van der Waals surface area contributed by atoms with Crippen LogP contribution in [0.3, 0.4) is 0 Å². The smallest absolute Gasteiger partial charge is 0.320 e. The molecule has 10 unspecified atom stereocenters. The van der Waals surface area contributed by atoms with Gasteiger partial charge in [-0.05, 0) is 56.2 Å². The van der Waals surface area contributed by atoms with Gasteiger partial charge < -0.3 is 20.3 Å². The molecule has 1 aliphatic heterocycles. The molecular formula is C28H44N2O5S. The lowest BCUT2D eigenvalue weighted by molar-refractivity contribution is -0.253. The molecule has 2 bridgehead atoms. The minimum absolute atomic E-state index is 0.0530. The first-order valence-corrected chi connectivity index (χ1v) is 13.9. The summed E-state index contributed by atoms with van der Waals surface area (Å²) in [7, 11) is 0. The normalized spacial score (nSPS) is 49.5. The zero-order chi connectivity index (χ0) is 26.7. The fourth-order valence-corrected chi connectivity index (χ4v) is 8.74. The fraction of sp³-hybridized carbons (Fsp3) is 0.821. The van der Waals surface area contributed by atoms with Gasteiger partial charge in [0.25, 0.3) is 0 Å². The summed E-state index contributed by atoms with van der Waals surface area (Å²) in [4.78, 5) is 29.0. The van der Waals surface area contributed by atoms with E-state index >= 15 is 0 Å². The van der Waals surface area contributed by atoms with Gasteiger partial charge in [-0.3, -0.25) is 14.5 Å². The molecule has 10 atom stereocenters. The van der Waals surface area contributed by atoms with Crippen molar-refractivity contribution < 1.29 is 24.5 Å². The van der Waals surface area contributed by atoms with Crippen LogP contribution in [-0.4, -0.2) is 81.8 Å². The molecule has 3 saturated carbocycles. The number of hydrogen-bond acceptors (Lipinski definition) is 8. The van der Waals surface area contributed by atoms with Crippen molar-refractivity contribution in [3.8, 4) is 0 Å². The number of nitrogens with zero attached hydrogens (tertiary/aromatic N) is 1. The van der Waals surface area contributed by atoms with E-state index in [1.165, 1.54) is 0 Å². The quantitative estimate of drug-likeness (QED) is 0.289. The summed E-state index contributed by atoms with van der Waals surface area (Å²) in [5, 5.41) is 28.4. The van der Waals surface area contributed by atoms with E-state index in [-0.39, 0.29) is 42.7 Å². The maximum atomic E-state index is 13.5. The van der Waals surface area contributed by atoms with E-state index in [0.29, 0.717) is 32.2 Å². The van der Waals surface area contributed by atoms with Crippen molar-refractivity contribution in [3.05, 3.63) is 12.7 Å². The Bertz CT molecular complexity index is 930. The molecule has 3 N–H and O–H groups in total. The molecule has 1 saturated heterocycles. The van der Waals surface area contributed by atoms with Crippen molar-refractivity contribution in [3.63, 3.8) is 0 Å². The van der Waals surface area contributed by atoms with Crippen molar-refractivity contribution in [2.24, 2.45) is 28.1 Å². The van der Waals surface area contributed by atoms with Gasteiger partial charge in [0.2, 0.25) is 0 Å². The Kier molecular flexibility index (Phi) is 7.37. The van der Waals surface area contributed by atoms with Crippen LogP contribution in [0.2, 0.25) is 0 Å². The third kappa shape index (κ3) is 3.94. The number of Topliss-reactive ketones (excluding diaryl/α,β-unsaturated/α-hetero) is 1. The van der Waals surface area contributed by atoms with Gasteiger partial charge in [-0.25, -0.2) is 0 Å². The summed E-state index contributed by atoms with van der Waals surface area (Å²) in [6, 6.07) is 0.0863. The molecule has 0 radical (unpaired) electrons. The summed E-state index contributed by atoms with van der Waals surface area (Å²) in [6.45, 7) is 15.4. The first kappa shape index (κ1) is 27.8. The molecule has 202 valence electrons. The van der Waals surface area contributed by atoms with Crippen molar-refractivity contribution in [1.29, 1.82) is 0 Å². The number of nitrogens with one attached hydrogen (secondary N) is 1. The number of ether oxygens (including phenoxy) is 1. The predicted octanol–water partition coefficient (Wildman–Crippen LogP) is 2.67. The molecule has 36 heavy (non-hydrogen) atoms. The van der Waals surface area contributed by atoms with Crippen molar-refractivity contribution in [2.75, 3.05) is 19.6 Å². The first-order valence-electron chi connectivity index (χ1n) is 13.5. The number of thiocarbonyl (C=S) groups is 1. The Morgan fingerprint density at radius 2 is 1.94 bits per heavy atom. The van der Waals surface area contributed by atoms with Crippen LogP contribution in [-0.2, 0) is 14.3 Å². The number of aliphatic hydroxyl groups excluding tert-OH is 2. The zero-order valence-electron chi connectivity index (χ0n) is 22.5. The fourth-order valence-electron chi connectivity index (χ4n) is 8.33. The van der Waals surface area contributed by atoms with E-state index in [2.05, 4.69) is 18.8 Å². The summed E-state index contributed by atoms with van der Waals surface area (Å²) in [6.07, 6.45) is 2.60. The molecular weight excluding hydrogens is 476 g/mol. The SMILES string of the molecule is C=CC1(C)CC(O)C2(C)C3C(=O)CCC3(CCC2(C)OC(=O)CN2CCNC(C)C2C=S)C(C)C1O. The maximum Gasteiger partial charge on any atom is 0.320 e. The van der Waals surface area contributed by atoms with Crippen molar-refractivity contribution in [1.82, 2.24) is 10.2 Å². The Morgan fingerprint density at radius 1 is 1.25 bits per heavy atom. The van der Waals surface area contributed by atoms with Gasteiger partial charge in [-0.15, -0.1) is 6.58 Å². The Labute approximate surface area is 221 Å². The van der Waals surface area contributed by atoms with Gasteiger partial charge in [0.05, 0.1) is 24.8 Å². The highest BCUT2D eigenvalue weighted by molar-refractivity contribution is 7.79. The number of esters is 1. The molecule has 0 spiro atoms. The standard InChI is InChI=1S/C28H44N2O5S/c1-7-25(4)14-21(32)27(6)23-20(31)8-9-28(23,17(2)24(25)34)11-10-26(27,5)35-22(33)15-30-13-12-29-18(3)19(30)16-36/h7,16-19,21,23-24,29,32,34H,1,8-15H2,2-6H3. The molecule has 7 nitrogen and oxygen atoms in total. The lowest BCUT2D eigenvalue weighted by atomic mass is 9.42. The van der Waals surface area contributed by atoms with Crippen LogP contribution >= 0.6 is 12.2 Å². The number of carbonyl (C=O) groups is 2. The minimum atomic E-state index is -1.03. The third-order valence-corrected chi connectivity index (χ3v) is 11.3. The number of carbonyl (C=O) groups excluding carboxylic acids is 2. The molecule has 4 fully saturated rings. The number of piperazine rings is 1. The Morgan fingerprint density at radius 3 is 2.58 bits per heavy atom. The second-order valence-electron chi connectivity index (χ2n) is 12.6.